The van der Waals surface area contributed by atoms with Gasteiger partial charge in [-0.15, -0.1) is 22.6 Å². The first-order valence-corrected chi connectivity index (χ1v) is 7.01. The lowest BCUT2D eigenvalue weighted by Gasteiger charge is -2.25. The molecule has 2 aromatic heterocycles. The number of hydrogen-bond acceptors (Lipinski definition) is 4. The molecule has 23 heavy (non-hydrogen) atoms. The Morgan fingerprint density at radius 1 is 1.30 bits per heavy atom. The Hall–Kier alpha value is -1.85. The topological polar surface area (TPSA) is 80.0 Å². The van der Waals surface area contributed by atoms with Crippen molar-refractivity contribution in [2.45, 2.75) is 43.8 Å². The van der Waals surface area contributed by atoms with Crippen molar-refractivity contribution < 1.29 is 13.2 Å². The number of nitrogens with two attached hydrogens (primary N) is 1. The van der Waals surface area contributed by atoms with E-state index in [9.17, 15) is 13.2 Å². The Morgan fingerprint density at radius 2 is 2.04 bits per heavy atom. The van der Waals surface area contributed by atoms with Crippen molar-refractivity contribution in [2.75, 3.05) is 0 Å². The number of fused-ring (bicyclic) bond motifs is 1. The zero-order chi connectivity index (χ0) is 15.9. The molecule has 124 valence electrons. The highest BCUT2D eigenvalue weighted by atomic mass is 35.5. The molecule has 2 atom stereocenters. The monoisotopic (exact) mass is 345 g/mol. The molecule has 1 aliphatic carbocycles. The molecule has 1 saturated carbocycles. The number of alkyl halides is 3. The predicted molar refractivity (Wildman–Crippen MR) is 79.1 cm³/mol. The summed E-state index contributed by atoms with van der Waals surface area (Å²) >= 11 is 0. The molecule has 5 nitrogen and oxygen atoms in total. The molecule has 1 fully saturated rings. The summed E-state index contributed by atoms with van der Waals surface area (Å²) in [7, 11) is 0. The molecule has 2 N–H and O–H groups in total. The Labute approximate surface area is 136 Å². The maximum atomic E-state index is 13.1. The highest BCUT2D eigenvalue weighted by Gasteiger charge is 2.35. The lowest BCUT2D eigenvalue weighted by atomic mass is 9.85. The Kier molecular flexibility index (Phi) is 4.82. The van der Waals surface area contributed by atoms with Crippen LogP contribution in [0, 0.1) is 11.3 Å². The largest absolute Gasteiger partial charge is 0.419 e. The summed E-state index contributed by atoms with van der Waals surface area (Å²) in [5, 5.41) is 16.8. The minimum Gasteiger partial charge on any atom is -0.328 e. The van der Waals surface area contributed by atoms with Gasteiger partial charge in [-0.1, -0.05) is 6.42 Å². The van der Waals surface area contributed by atoms with E-state index >= 15 is 0 Å². The normalized spacial score (nSPS) is 21.7. The van der Waals surface area contributed by atoms with Crippen molar-refractivity contribution in [3.05, 3.63) is 29.2 Å². The Balaban J connectivity index is 0.00000192. The molecule has 0 saturated heterocycles. The van der Waals surface area contributed by atoms with Gasteiger partial charge in [-0.3, -0.25) is 4.40 Å². The van der Waals surface area contributed by atoms with Crippen LogP contribution in [-0.2, 0) is 6.18 Å². The summed E-state index contributed by atoms with van der Waals surface area (Å²) in [4.78, 5) is 0. The van der Waals surface area contributed by atoms with Gasteiger partial charge in [0, 0.05) is 24.2 Å². The van der Waals surface area contributed by atoms with Crippen molar-refractivity contribution in [1.29, 1.82) is 5.26 Å². The van der Waals surface area contributed by atoms with Gasteiger partial charge in [0.2, 0.25) is 0 Å². The lowest BCUT2D eigenvalue weighted by molar-refractivity contribution is -0.138. The van der Waals surface area contributed by atoms with Gasteiger partial charge in [-0.05, 0) is 19.3 Å². The summed E-state index contributed by atoms with van der Waals surface area (Å²) in [6.07, 6.45) is -0.326. The molecule has 0 aromatic carbocycles. The van der Waals surface area contributed by atoms with Gasteiger partial charge >= 0.3 is 6.18 Å². The minimum absolute atomic E-state index is 0. The quantitative estimate of drug-likeness (QED) is 0.861. The highest BCUT2D eigenvalue weighted by molar-refractivity contribution is 5.85. The number of halogens is 4. The molecule has 1 aliphatic rings. The van der Waals surface area contributed by atoms with Crippen LogP contribution in [0.3, 0.4) is 0 Å². The average molecular weight is 346 g/mol. The highest BCUT2D eigenvalue weighted by Crippen LogP contribution is 2.35. The number of aromatic nitrogens is 3. The standard InChI is InChI=1S/C14H14F3N5.ClH/c15-14(16,17)11-7-22-12(5-9(11)6-18)20-21-13(22)8-2-1-3-10(19)4-8;/h5,7-8,10H,1-4,19H2;1H/t8-,10+;/m0./s1. The second kappa shape index (κ2) is 6.34. The number of nitrogens with zero attached hydrogens (tertiary/aromatic N) is 4. The molecular formula is C14H15ClF3N5. The van der Waals surface area contributed by atoms with E-state index in [0.29, 0.717) is 12.2 Å². The fourth-order valence-corrected chi connectivity index (χ4v) is 3.01. The third-order valence-corrected chi connectivity index (χ3v) is 4.08. The van der Waals surface area contributed by atoms with Gasteiger partial charge in [0.05, 0.1) is 17.2 Å². The van der Waals surface area contributed by atoms with Crippen molar-refractivity contribution in [3.8, 4) is 6.07 Å². The molecule has 2 aromatic rings. The van der Waals surface area contributed by atoms with E-state index in [1.54, 1.807) is 6.07 Å². The number of hydrogen-bond donors (Lipinski definition) is 1. The molecule has 0 bridgehead atoms. The molecule has 0 radical (unpaired) electrons. The van der Waals surface area contributed by atoms with Gasteiger partial charge in [0.15, 0.2) is 5.65 Å². The molecule has 0 aliphatic heterocycles. The Morgan fingerprint density at radius 3 is 2.65 bits per heavy atom. The van der Waals surface area contributed by atoms with E-state index in [1.807, 2.05) is 0 Å². The van der Waals surface area contributed by atoms with Crippen LogP contribution in [0.5, 0.6) is 0 Å². The van der Waals surface area contributed by atoms with Gasteiger partial charge in [0.25, 0.3) is 0 Å². The fraction of sp³-hybridized carbons (Fsp3) is 0.500. The van der Waals surface area contributed by atoms with Crippen LogP contribution in [0.1, 0.15) is 48.6 Å². The van der Waals surface area contributed by atoms with Crippen molar-refractivity contribution in [3.63, 3.8) is 0 Å². The average Bonchev–Trinajstić information content (AvgIpc) is 2.87. The van der Waals surface area contributed by atoms with Crippen molar-refractivity contribution in [1.82, 2.24) is 14.6 Å². The summed E-state index contributed by atoms with van der Waals surface area (Å²) in [5.74, 6) is 0.480. The molecular weight excluding hydrogens is 331 g/mol. The third kappa shape index (κ3) is 3.26. The summed E-state index contributed by atoms with van der Waals surface area (Å²) < 4.78 is 40.6. The number of nitriles is 1. The zero-order valence-corrected chi connectivity index (χ0v) is 12.9. The first kappa shape index (κ1) is 17.5. The number of rotatable bonds is 1. The SMILES string of the molecule is Cl.N#Cc1cc2nnc([C@H]3CCC[C@@H](N)C3)n2cc1C(F)(F)F. The maximum absolute atomic E-state index is 13.1. The predicted octanol–water partition coefficient (Wildman–Crippen LogP) is 3.03. The molecule has 9 heteroatoms. The molecule has 3 rings (SSSR count). The molecule has 0 amide bonds. The minimum atomic E-state index is -4.59. The summed E-state index contributed by atoms with van der Waals surface area (Å²) in [6.45, 7) is 0. The first-order chi connectivity index (χ1) is 10.4. The van der Waals surface area contributed by atoms with E-state index in [4.69, 9.17) is 11.0 Å². The summed E-state index contributed by atoms with van der Waals surface area (Å²) in [6, 6.07) is 2.73. The lowest BCUT2D eigenvalue weighted by Crippen LogP contribution is -2.27. The zero-order valence-electron chi connectivity index (χ0n) is 12.0. The van der Waals surface area contributed by atoms with Crippen LogP contribution in [-0.4, -0.2) is 20.6 Å². The van der Waals surface area contributed by atoms with Gasteiger partial charge in [-0.25, -0.2) is 0 Å². The van der Waals surface area contributed by atoms with Gasteiger partial charge in [0.1, 0.15) is 5.82 Å². The third-order valence-electron chi connectivity index (χ3n) is 4.08. The Bertz CT molecular complexity index is 749. The van der Waals surface area contributed by atoms with Crippen LogP contribution in [0.4, 0.5) is 13.2 Å². The van der Waals surface area contributed by atoms with E-state index in [2.05, 4.69) is 10.2 Å². The second-order valence-corrected chi connectivity index (χ2v) is 5.62. The van der Waals surface area contributed by atoms with Gasteiger partial charge < -0.3 is 5.73 Å². The first-order valence-electron chi connectivity index (χ1n) is 7.01. The molecule has 2 heterocycles. The van der Waals surface area contributed by atoms with Crippen molar-refractivity contribution in [2.24, 2.45) is 5.73 Å². The number of pyridine rings is 1. The van der Waals surface area contributed by atoms with Crippen LogP contribution in [0.2, 0.25) is 0 Å². The molecule has 0 unspecified atom stereocenters. The fourth-order valence-electron chi connectivity index (χ4n) is 3.01. The maximum Gasteiger partial charge on any atom is 0.419 e. The van der Waals surface area contributed by atoms with Crippen LogP contribution < -0.4 is 5.73 Å². The van der Waals surface area contributed by atoms with Gasteiger partial charge in [-0.2, -0.15) is 18.4 Å². The smallest absolute Gasteiger partial charge is 0.328 e. The van der Waals surface area contributed by atoms with Crippen LogP contribution >= 0.6 is 12.4 Å². The van der Waals surface area contributed by atoms with Crippen LogP contribution in [0.15, 0.2) is 12.3 Å². The summed E-state index contributed by atoms with van der Waals surface area (Å²) in [5.41, 5.74) is 4.77. The van der Waals surface area contributed by atoms with E-state index in [0.717, 1.165) is 31.5 Å². The van der Waals surface area contributed by atoms with E-state index < -0.39 is 17.3 Å². The second-order valence-electron chi connectivity index (χ2n) is 5.62. The van der Waals surface area contributed by atoms with E-state index in [1.165, 1.54) is 4.40 Å². The van der Waals surface area contributed by atoms with E-state index in [-0.39, 0.29) is 30.0 Å². The van der Waals surface area contributed by atoms with Crippen LogP contribution in [0.25, 0.3) is 5.65 Å². The molecule has 0 spiro atoms. The van der Waals surface area contributed by atoms with Crippen molar-refractivity contribution >= 4 is 18.1 Å².